The first-order valence-corrected chi connectivity index (χ1v) is 10.7. The number of carbonyl (C=O) groups excluding carboxylic acids is 3. The largest absolute Gasteiger partial charge is 0.453 e. The van der Waals surface area contributed by atoms with Gasteiger partial charge in [-0.1, -0.05) is 17.7 Å². The fourth-order valence-corrected chi connectivity index (χ4v) is 4.60. The van der Waals surface area contributed by atoms with Crippen LogP contribution in [0, 0.1) is 13.8 Å². The minimum atomic E-state index is -3.10. The van der Waals surface area contributed by atoms with Gasteiger partial charge in [-0.3, -0.25) is 14.4 Å². The number of aryl methyl sites for hydroxylation is 2. The second-order valence-electron chi connectivity index (χ2n) is 6.98. The number of sulfone groups is 1. The number of ketones is 1. The van der Waals surface area contributed by atoms with Crippen LogP contribution in [0.1, 0.15) is 47.7 Å². The Kier molecular flexibility index (Phi) is 6.75. The van der Waals surface area contributed by atoms with E-state index in [1.54, 1.807) is 6.07 Å². The third-order valence-electron chi connectivity index (χ3n) is 4.51. The number of esters is 1. The molecule has 0 radical (unpaired) electrons. The fourth-order valence-electron chi connectivity index (χ4n) is 2.92. The molecule has 1 N–H and O–H groups in total. The first-order valence-electron chi connectivity index (χ1n) is 8.88. The van der Waals surface area contributed by atoms with Crippen molar-refractivity contribution in [2.24, 2.45) is 0 Å². The summed E-state index contributed by atoms with van der Waals surface area (Å²) in [7, 11) is -3.10. The minimum Gasteiger partial charge on any atom is -0.453 e. The van der Waals surface area contributed by atoms with E-state index in [9.17, 15) is 22.8 Å². The maximum Gasteiger partial charge on any atom is 0.307 e. The lowest BCUT2D eigenvalue weighted by Gasteiger charge is -2.16. The van der Waals surface area contributed by atoms with Crippen molar-refractivity contribution in [3.63, 3.8) is 0 Å². The first kappa shape index (κ1) is 21.1. The Hall–Kier alpha value is -2.22. The zero-order valence-corrected chi connectivity index (χ0v) is 16.6. The molecule has 1 aromatic rings. The van der Waals surface area contributed by atoms with E-state index < -0.39 is 33.9 Å². The average Bonchev–Trinajstić information content (AvgIpc) is 2.93. The molecule has 0 unspecified atom stereocenters. The van der Waals surface area contributed by atoms with E-state index in [-0.39, 0.29) is 30.1 Å². The highest BCUT2D eigenvalue weighted by Gasteiger charge is 2.30. The monoisotopic (exact) mass is 395 g/mol. The van der Waals surface area contributed by atoms with Gasteiger partial charge in [-0.2, -0.15) is 0 Å². The third kappa shape index (κ3) is 6.16. The summed E-state index contributed by atoms with van der Waals surface area (Å²) < 4.78 is 27.9. The predicted octanol–water partition coefficient (Wildman–Crippen LogP) is 1.50. The van der Waals surface area contributed by atoms with Crippen LogP contribution in [-0.2, 0) is 24.2 Å². The number of nitrogens with one attached hydrogen (secondary N) is 1. The van der Waals surface area contributed by atoms with Gasteiger partial charge in [0.2, 0.25) is 0 Å². The molecule has 0 spiro atoms. The van der Waals surface area contributed by atoms with Crippen LogP contribution in [0.5, 0.6) is 0 Å². The molecular weight excluding hydrogens is 370 g/mol. The van der Waals surface area contributed by atoms with E-state index in [0.29, 0.717) is 12.0 Å². The number of carbonyl (C=O) groups is 3. The Morgan fingerprint density at radius 3 is 2.56 bits per heavy atom. The van der Waals surface area contributed by atoms with Gasteiger partial charge in [0.1, 0.15) is 0 Å². The van der Waals surface area contributed by atoms with Gasteiger partial charge in [0.15, 0.2) is 21.7 Å². The van der Waals surface area contributed by atoms with Crippen LogP contribution < -0.4 is 5.32 Å². The Labute approximate surface area is 159 Å². The zero-order valence-electron chi connectivity index (χ0n) is 15.8. The lowest BCUT2D eigenvalue weighted by atomic mass is 9.99. The van der Waals surface area contributed by atoms with E-state index in [2.05, 4.69) is 5.32 Å². The van der Waals surface area contributed by atoms with Crippen molar-refractivity contribution in [2.45, 2.75) is 52.2 Å². The molecule has 0 aliphatic carbocycles. The number of benzene rings is 1. The second-order valence-corrected chi connectivity index (χ2v) is 9.21. The molecular formula is C19H25NO6S. The van der Waals surface area contributed by atoms with Gasteiger partial charge in [0.25, 0.3) is 5.91 Å². The van der Waals surface area contributed by atoms with E-state index in [0.717, 1.165) is 11.1 Å². The van der Waals surface area contributed by atoms with Crippen molar-refractivity contribution in [1.29, 1.82) is 0 Å². The van der Waals surface area contributed by atoms with E-state index in [4.69, 9.17) is 4.74 Å². The summed E-state index contributed by atoms with van der Waals surface area (Å²) in [6.07, 6.45) is -0.810. The minimum absolute atomic E-state index is 0.00165. The molecule has 1 saturated heterocycles. The molecule has 1 aromatic carbocycles. The number of amides is 1. The Morgan fingerprint density at radius 1 is 1.22 bits per heavy atom. The molecule has 0 saturated carbocycles. The lowest BCUT2D eigenvalue weighted by molar-refractivity contribution is -0.154. The summed E-state index contributed by atoms with van der Waals surface area (Å²) in [5, 5.41) is 2.58. The Balaban J connectivity index is 1.80. The molecule has 1 aliphatic rings. The van der Waals surface area contributed by atoms with Crippen LogP contribution in [-0.4, -0.2) is 49.7 Å². The fraction of sp³-hybridized carbons (Fsp3) is 0.526. The molecule has 148 valence electrons. The van der Waals surface area contributed by atoms with Crippen molar-refractivity contribution in [1.82, 2.24) is 5.32 Å². The van der Waals surface area contributed by atoms with Crippen LogP contribution in [0.15, 0.2) is 18.2 Å². The predicted molar refractivity (Wildman–Crippen MR) is 100 cm³/mol. The summed E-state index contributed by atoms with van der Waals surface area (Å²) in [4.78, 5) is 36.3. The van der Waals surface area contributed by atoms with Crippen molar-refractivity contribution in [3.8, 4) is 0 Å². The summed E-state index contributed by atoms with van der Waals surface area (Å²) in [5.74, 6) is -1.38. The summed E-state index contributed by atoms with van der Waals surface area (Å²) in [5.41, 5.74) is 2.39. The van der Waals surface area contributed by atoms with Gasteiger partial charge in [-0.25, -0.2) is 8.42 Å². The standard InChI is InChI=1S/C19H25NO6S/c1-12-4-5-13(2)16(10-12)17(21)6-7-18(22)26-14(3)19(23)20-15-8-9-27(24,25)11-15/h4-5,10,14-15H,6-9,11H2,1-3H3,(H,20,23)/t14-,15+/m1/s1. The highest BCUT2D eigenvalue weighted by atomic mass is 32.2. The molecule has 0 bridgehead atoms. The normalized spacial score (nSPS) is 19.3. The van der Waals surface area contributed by atoms with Gasteiger partial charge in [-0.05, 0) is 38.8 Å². The molecule has 1 amide bonds. The molecule has 0 aromatic heterocycles. The highest BCUT2D eigenvalue weighted by Crippen LogP contribution is 2.15. The number of Topliss-reactive ketones (excluding diaryl/α,β-unsaturated/α-hetero) is 1. The van der Waals surface area contributed by atoms with Gasteiger partial charge >= 0.3 is 5.97 Å². The highest BCUT2D eigenvalue weighted by molar-refractivity contribution is 7.91. The average molecular weight is 395 g/mol. The second kappa shape index (κ2) is 8.65. The molecule has 7 nitrogen and oxygen atoms in total. The number of ether oxygens (including phenoxy) is 1. The topological polar surface area (TPSA) is 107 Å². The van der Waals surface area contributed by atoms with Crippen LogP contribution in [0.25, 0.3) is 0 Å². The number of hydrogen-bond donors (Lipinski definition) is 1. The van der Waals surface area contributed by atoms with Crippen molar-refractivity contribution < 1.29 is 27.5 Å². The summed E-state index contributed by atoms with van der Waals surface area (Å²) in [6.45, 7) is 5.14. The zero-order chi connectivity index (χ0) is 20.2. The first-order chi connectivity index (χ1) is 12.6. The van der Waals surface area contributed by atoms with Gasteiger partial charge in [0, 0.05) is 18.0 Å². The quantitative estimate of drug-likeness (QED) is 0.554. The van der Waals surface area contributed by atoms with E-state index in [1.807, 2.05) is 26.0 Å². The van der Waals surface area contributed by atoms with Crippen LogP contribution >= 0.6 is 0 Å². The van der Waals surface area contributed by atoms with Crippen molar-refractivity contribution in [2.75, 3.05) is 11.5 Å². The van der Waals surface area contributed by atoms with Gasteiger partial charge < -0.3 is 10.1 Å². The molecule has 27 heavy (non-hydrogen) atoms. The van der Waals surface area contributed by atoms with Crippen molar-refractivity contribution in [3.05, 3.63) is 34.9 Å². The van der Waals surface area contributed by atoms with Gasteiger partial charge in [0.05, 0.1) is 17.9 Å². The molecule has 1 aliphatic heterocycles. The Morgan fingerprint density at radius 2 is 1.93 bits per heavy atom. The number of rotatable bonds is 7. The molecule has 1 heterocycles. The van der Waals surface area contributed by atoms with Gasteiger partial charge in [-0.15, -0.1) is 0 Å². The van der Waals surface area contributed by atoms with E-state index in [1.165, 1.54) is 6.92 Å². The van der Waals surface area contributed by atoms with Crippen LogP contribution in [0.3, 0.4) is 0 Å². The van der Waals surface area contributed by atoms with Crippen molar-refractivity contribution >= 4 is 27.5 Å². The molecule has 8 heteroatoms. The third-order valence-corrected chi connectivity index (χ3v) is 6.27. The lowest BCUT2D eigenvalue weighted by Crippen LogP contribution is -2.42. The SMILES string of the molecule is Cc1ccc(C)c(C(=O)CCC(=O)O[C@H](C)C(=O)N[C@H]2CCS(=O)(=O)C2)c1. The van der Waals surface area contributed by atoms with Crippen LogP contribution in [0.2, 0.25) is 0 Å². The number of hydrogen-bond acceptors (Lipinski definition) is 6. The van der Waals surface area contributed by atoms with E-state index >= 15 is 0 Å². The smallest absolute Gasteiger partial charge is 0.307 e. The maximum atomic E-state index is 12.3. The maximum absolute atomic E-state index is 12.3. The van der Waals surface area contributed by atoms with Crippen LogP contribution in [0.4, 0.5) is 0 Å². The molecule has 2 rings (SSSR count). The Bertz CT molecular complexity index is 846. The molecule has 1 fully saturated rings. The summed E-state index contributed by atoms with van der Waals surface area (Å²) in [6, 6.07) is 5.11. The summed E-state index contributed by atoms with van der Waals surface area (Å²) >= 11 is 0. The molecule has 2 atom stereocenters.